The number of aromatic nitrogens is 1. The van der Waals surface area contributed by atoms with E-state index in [0.717, 1.165) is 40.6 Å². The monoisotopic (exact) mass is 360 g/mol. The number of hydrogen-bond donors (Lipinski definition) is 1. The van der Waals surface area contributed by atoms with Crippen LogP contribution >= 0.6 is 0 Å². The fraction of sp³-hybridized carbons (Fsp3) is 0.304. The second kappa shape index (κ2) is 7.89. The molecule has 1 N–H and O–H groups in total. The lowest BCUT2D eigenvalue weighted by molar-refractivity contribution is 0.0951. The Hall–Kier alpha value is -2.72. The van der Waals surface area contributed by atoms with Gasteiger partial charge in [-0.15, -0.1) is 0 Å². The summed E-state index contributed by atoms with van der Waals surface area (Å²) in [5, 5.41) is 3.99. The Bertz CT molecular complexity index is 964. The van der Waals surface area contributed by atoms with E-state index in [1.807, 2.05) is 61.5 Å². The van der Waals surface area contributed by atoms with Crippen molar-refractivity contribution in [3.05, 3.63) is 77.0 Å². The van der Waals surface area contributed by atoms with Gasteiger partial charge in [0, 0.05) is 30.1 Å². The summed E-state index contributed by atoms with van der Waals surface area (Å²) in [6.45, 7) is 3.70. The molecule has 27 heavy (non-hydrogen) atoms. The highest BCUT2D eigenvalue weighted by atomic mass is 16.5. The van der Waals surface area contributed by atoms with Gasteiger partial charge in [-0.05, 0) is 43.0 Å². The average molecular weight is 360 g/mol. The first-order valence-corrected chi connectivity index (χ1v) is 9.58. The number of para-hydroxylation sites is 1. The van der Waals surface area contributed by atoms with Crippen LogP contribution in [0, 0.1) is 0 Å². The molecule has 1 amide bonds. The molecule has 3 aromatic rings. The van der Waals surface area contributed by atoms with E-state index in [4.69, 9.17) is 9.72 Å². The number of amides is 1. The Balaban J connectivity index is 1.57. The molecule has 0 radical (unpaired) electrons. The lowest BCUT2D eigenvalue weighted by Gasteiger charge is -2.12. The standard InChI is InChI=1S/C23H24N2O2/c1-2-27-15-18-8-4-3-7-17(18)14-24-23(26)20-13-22(16-11-12-16)25-21-10-6-5-9-19(20)21/h3-10,13,16H,2,11-12,14-15H2,1H3,(H,24,26). The molecule has 138 valence electrons. The van der Waals surface area contributed by atoms with Crippen LogP contribution in [0.15, 0.2) is 54.6 Å². The van der Waals surface area contributed by atoms with E-state index in [9.17, 15) is 4.79 Å². The van der Waals surface area contributed by atoms with Crippen LogP contribution in [-0.4, -0.2) is 17.5 Å². The van der Waals surface area contributed by atoms with E-state index in [1.165, 1.54) is 0 Å². The quantitative estimate of drug-likeness (QED) is 0.671. The Kier molecular flexibility index (Phi) is 5.16. The van der Waals surface area contributed by atoms with Gasteiger partial charge in [0.05, 0.1) is 17.7 Å². The number of carbonyl (C=O) groups is 1. The smallest absolute Gasteiger partial charge is 0.252 e. The second-order valence-electron chi connectivity index (χ2n) is 6.97. The number of carbonyl (C=O) groups excluding carboxylic acids is 1. The minimum absolute atomic E-state index is 0.0540. The molecule has 4 nitrogen and oxygen atoms in total. The van der Waals surface area contributed by atoms with Crippen molar-refractivity contribution in [2.24, 2.45) is 0 Å². The molecule has 1 aliphatic carbocycles. The molecule has 0 spiro atoms. The molecule has 4 heteroatoms. The van der Waals surface area contributed by atoms with Crippen molar-refractivity contribution in [2.45, 2.75) is 38.8 Å². The molecule has 1 heterocycles. The first-order valence-electron chi connectivity index (χ1n) is 9.58. The van der Waals surface area contributed by atoms with Gasteiger partial charge in [0.15, 0.2) is 0 Å². The molecule has 0 bridgehead atoms. The summed E-state index contributed by atoms with van der Waals surface area (Å²) < 4.78 is 5.54. The maximum absolute atomic E-state index is 13.0. The van der Waals surface area contributed by atoms with Crippen LogP contribution in [0.1, 0.15) is 52.9 Å². The molecule has 0 aliphatic heterocycles. The number of fused-ring (bicyclic) bond motifs is 1. The van der Waals surface area contributed by atoms with Crippen LogP contribution in [0.2, 0.25) is 0 Å². The molecule has 1 aliphatic rings. The van der Waals surface area contributed by atoms with Crippen LogP contribution in [-0.2, 0) is 17.9 Å². The van der Waals surface area contributed by atoms with Crippen molar-refractivity contribution in [1.29, 1.82) is 0 Å². The maximum atomic E-state index is 13.0. The molecule has 1 aromatic heterocycles. The molecule has 0 atom stereocenters. The third-order valence-corrected chi connectivity index (χ3v) is 5.00. The van der Waals surface area contributed by atoms with Crippen molar-refractivity contribution in [3.63, 3.8) is 0 Å². The Morgan fingerprint density at radius 3 is 2.63 bits per heavy atom. The zero-order valence-corrected chi connectivity index (χ0v) is 15.6. The third-order valence-electron chi connectivity index (χ3n) is 5.00. The number of ether oxygens (including phenoxy) is 1. The first-order chi connectivity index (χ1) is 13.3. The summed E-state index contributed by atoms with van der Waals surface area (Å²) in [6, 6.07) is 17.9. The molecule has 0 unspecified atom stereocenters. The van der Waals surface area contributed by atoms with E-state index in [0.29, 0.717) is 31.2 Å². The van der Waals surface area contributed by atoms with Crippen molar-refractivity contribution in [3.8, 4) is 0 Å². The molecular weight excluding hydrogens is 336 g/mol. The van der Waals surface area contributed by atoms with Gasteiger partial charge in [-0.25, -0.2) is 0 Å². The Morgan fingerprint density at radius 1 is 1.11 bits per heavy atom. The minimum Gasteiger partial charge on any atom is -0.377 e. The van der Waals surface area contributed by atoms with Crippen LogP contribution in [0.25, 0.3) is 10.9 Å². The predicted molar refractivity (Wildman–Crippen MR) is 107 cm³/mol. The third kappa shape index (κ3) is 4.01. The van der Waals surface area contributed by atoms with Gasteiger partial charge in [0.25, 0.3) is 5.91 Å². The number of benzene rings is 2. The minimum atomic E-state index is -0.0540. The number of hydrogen-bond acceptors (Lipinski definition) is 3. The predicted octanol–water partition coefficient (Wildman–Crippen LogP) is 4.58. The summed E-state index contributed by atoms with van der Waals surface area (Å²) in [5.41, 5.74) is 4.84. The lowest BCUT2D eigenvalue weighted by Crippen LogP contribution is -2.24. The topological polar surface area (TPSA) is 51.2 Å². The van der Waals surface area contributed by atoms with Gasteiger partial charge in [0.1, 0.15) is 0 Å². The highest BCUT2D eigenvalue weighted by Gasteiger charge is 2.26. The fourth-order valence-electron chi connectivity index (χ4n) is 3.33. The van der Waals surface area contributed by atoms with Crippen LogP contribution in [0.4, 0.5) is 0 Å². The van der Waals surface area contributed by atoms with Gasteiger partial charge in [-0.2, -0.15) is 0 Å². The molecule has 1 saturated carbocycles. The summed E-state index contributed by atoms with van der Waals surface area (Å²) >= 11 is 0. The van der Waals surface area contributed by atoms with Crippen molar-refractivity contribution < 1.29 is 9.53 Å². The zero-order chi connectivity index (χ0) is 18.6. The number of rotatable bonds is 7. The van der Waals surface area contributed by atoms with E-state index in [-0.39, 0.29) is 5.91 Å². The highest BCUT2D eigenvalue weighted by Crippen LogP contribution is 2.40. The SMILES string of the molecule is CCOCc1ccccc1CNC(=O)c1cc(C2CC2)nc2ccccc12. The molecule has 4 rings (SSSR count). The number of nitrogens with one attached hydrogen (secondary N) is 1. The fourth-order valence-corrected chi connectivity index (χ4v) is 3.33. The first kappa shape index (κ1) is 17.7. The van der Waals surface area contributed by atoms with E-state index < -0.39 is 0 Å². The Morgan fingerprint density at radius 2 is 1.85 bits per heavy atom. The molecule has 2 aromatic carbocycles. The van der Waals surface area contributed by atoms with Crippen LogP contribution < -0.4 is 5.32 Å². The van der Waals surface area contributed by atoms with E-state index in [2.05, 4.69) is 5.32 Å². The largest absolute Gasteiger partial charge is 0.377 e. The van der Waals surface area contributed by atoms with Gasteiger partial charge in [-0.3, -0.25) is 9.78 Å². The zero-order valence-electron chi connectivity index (χ0n) is 15.6. The number of pyridine rings is 1. The van der Waals surface area contributed by atoms with Crippen molar-refractivity contribution >= 4 is 16.8 Å². The molecule has 0 saturated heterocycles. The Labute approximate surface area is 159 Å². The van der Waals surface area contributed by atoms with Gasteiger partial charge >= 0.3 is 0 Å². The van der Waals surface area contributed by atoms with Gasteiger partial charge < -0.3 is 10.1 Å². The average Bonchev–Trinajstić information content (AvgIpc) is 3.55. The summed E-state index contributed by atoms with van der Waals surface area (Å²) in [6.07, 6.45) is 2.33. The van der Waals surface area contributed by atoms with Gasteiger partial charge in [0.2, 0.25) is 0 Å². The molecule has 1 fully saturated rings. The summed E-state index contributed by atoms with van der Waals surface area (Å²) in [4.78, 5) is 17.7. The van der Waals surface area contributed by atoms with Crippen molar-refractivity contribution in [2.75, 3.05) is 6.61 Å². The molecular formula is C23H24N2O2. The highest BCUT2D eigenvalue weighted by molar-refractivity contribution is 6.06. The summed E-state index contributed by atoms with van der Waals surface area (Å²) in [5.74, 6) is 0.454. The van der Waals surface area contributed by atoms with Crippen LogP contribution in [0.3, 0.4) is 0 Å². The van der Waals surface area contributed by atoms with Gasteiger partial charge in [-0.1, -0.05) is 42.5 Å². The normalized spacial score (nSPS) is 13.7. The van der Waals surface area contributed by atoms with Crippen molar-refractivity contribution in [1.82, 2.24) is 10.3 Å². The second-order valence-corrected chi connectivity index (χ2v) is 6.97. The number of nitrogens with zero attached hydrogens (tertiary/aromatic N) is 1. The summed E-state index contributed by atoms with van der Waals surface area (Å²) in [7, 11) is 0. The van der Waals surface area contributed by atoms with E-state index >= 15 is 0 Å². The lowest BCUT2D eigenvalue weighted by atomic mass is 10.0. The maximum Gasteiger partial charge on any atom is 0.252 e. The van der Waals surface area contributed by atoms with E-state index in [1.54, 1.807) is 0 Å². The van der Waals surface area contributed by atoms with Crippen LogP contribution in [0.5, 0.6) is 0 Å².